The SMILES string of the molecule is CNc1cc(Nc2cccnc2OC)nc2c(C(=O)NCCC(C)(C)O)cnn12. The first-order valence-electron chi connectivity index (χ1n) is 9.15. The minimum absolute atomic E-state index is 0.310. The van der Waals surface area contributed by atoms with Crippen molar-refractivity contribution in [1.82, 2.24) is 24.9 Å². The smallest absolute Gasteiger partial charge is 0.256 e. The van der Waals surface area contributed by atoms with Gasteiger partial charge in [-0.3, -0.25) is 4.79 Å². The highest BCUT2D eigenvalue weighted by atomic mass is 16.5. The van der Waals surface area contributed by atoms with Crippen LogP contribution in [0.1, 0.15) is 30.6 Å². The van der Waals surface area contributed by atoms with Gasteiger partial charge in [-0.25, -0.2) is 9.97 Å². The molecule has 10 nitrogen and oxygen atoms in total. The summed E-state index contributed by atoms with van der Waals surface area (Å²) in [6.07, 6.45) is 3.53. The quantitative estimate of drug-likeness (QED) is 0.452. The van der Waals surface area contributed by atoms with E-state index in [1.165, 1.54) is 13.3 Å². The minimum atomic E-state index is -0.855. The van der Waals surface area contributed by atoms with E-state index in [4.69, 9.17) is 4.74 Å². The van der Waals surface area contributed by atoms with Crippen LogP contribution in [0.25, 0.3) is 5.65 Å². The predicted octanol–water partition coefficient (Wildman–Crippen LogP) is 1.81. The number of rotatable bonds is 8. The molecule has 3 aromatic heterocycles. The monoisotopic (exact) mass is 399 g/mol. The molecule has 0 saturated carbocycles. The molecule has 3 heterocycles. The van der Waals surface area contributed by atoms with Crippen molar-refractivity contribution >= 4 is 28.9 Å². The molecule has 154 valence electrons. The average Bonchev–Trinajstić information content (AvgIpc) is 3.10. The second-order valence-corrected chi connectivity index (χ2v) is 7.07. The number of methoxy groups -OCH3 is 1. The van der Waals surface area contributed by atoms with Crippen molar-refractivity contribution < 1.29 is 14.6 Å². The van der Waals surface area contributed by atoms with Gasteiger partial charge < -0.3 is 25.8 Å². The molecule has 0 aliphatic rings. The molecule has 0 unspecified atom stereocenters. The summed E-state index contributed by atoms with van der Waals surface area (Å²) in [6, 6.07) is 5.36. The number of carbonyl (C=O) groups excluding carboxylic acids is 1. The number of pyridine rings is 1. The van der Waals surface area contributed by atoms with Crippen LogP contribution >= 0.6 is 0 Å². The lowest BCUT2D eigenvalue weighted by molar-refractivity contribution is 0.0693. The maximum Gasteiger partial charge on any atom is 0.256 e. The lowest BCUT2D eigenvalue weighted by Crippen LogP contribution is -2.30. The van der Waals surface area contributed by atoms with Crippen molar-refractivity contribution in [3.63, 3.8) is 0 Å². The van der Waals surface area contributed by atoms with E-state index < -0.39 is 5.60 Å². The van der Waals surface area contributed by atoms with Crippen molar-refractivity contribution in [2.75, 3.05) is 31.3 Å². The molecular formula is C19H25N7O3. The van der Waals surface area contributed by atoms with Gasteiger partial charge in [0.15, 0.2) is 5.65 Å². The van der Waals surface area contributed by atoms with Gasteiger partial charge in [0.2, 0.25) is 5.88 Å². The third kappa shape index (κ3) is 4.72. The first-order valence-corrected chi connectivity index (χ1v) is 9.15. The Bertz CT molecular complexity index is 1010. The Morgan fingerprint density at radius 1 is 1.38 bits per heavy atom. The van der Waals surface area contributed by atoms with Crippen molar-refractivity contribution in [2.24, 2.45) is 0 Å². The van der Waals surface area contributed by atoms with E-state index in [9.17, 15) is 9.90 Å². The Hall–Kier alpha value is -3.40. The molecule has 0 aliphatic carbocycles. The zero-order chi connectivity index (χ0) is 21.0. The Balaban J connectivity index is 1.91. The van der Waals surface area contributed by atoms with E-state index in [1.54, 1.807) is 43.7 Å². The third-order valence-corrected chi connectivity index (χ3v) is 4.22. The van der Waals surface area contributed by atoms with Crippen LogP contribution in [-0.4, -0.2) is 56.9 Å². The van der Waals surface area contributed by atoms with Gasteiger partial charge in [-0.05, 0) is 32.4 Å². The highest BCUT2D eigenvalue weighted by molar-refractivity contribution is 6.00. The predicted molar refractivity (Wildman–Crippen MR) is 110 cm³/mol. The van der Waals surface area contributed by atoms with E-state index in [0.29, 0.717) is 47.4 Å². The fraction of sp³-hybridized carbons (Fsp3) is 0.368. The molecule has 0 fully saturated rings. The summed E-state index contributed by atoms with van der Waals surface area (Å²) in [5.74, 6) is 1.27. The largest absolute Gasteiger partial charge is 0.480 e. The minimum Gasteiger partial charge on any atom is -0.480 e. The number of hydrogen-bond donors (Lipinski definition) is 4. The van der Waals surface area contributed by atoms with E-state index in [1.807, 2.05) is 6.07 Å². The molecule has 0 spiro atoms. The van der Waals surface area contributed by atoms with Crippen molar-refractivity contribution in [1.29, 1.82) is 0 Å². The summed E-state index contributed by atoms with van der Waals surface area (Å²) in [7, 11) is 3.30. The molecular weight excluding hydrogens is 374 g/mol. The third-order valence-electron chi connectivity index (χ3n) is 4.22. The molecule has 4 N–H and O–H groups in total. The standard InChI is InChI=1S/C19H25N7O3/c1-19(2,28)7-9-21-17(27)12-11-23-26-15(20-3)10-14(25-16(12)26)24-13-6-5-8-22-18(13)29-4/h5-6,8,10-11,20,28H,7,9H2,1-4H3,(H,21,27)(H,24,25). The summed E-state index contributed by atoms with van der Waals surface area (Å²) >= 11 is 0. The fourth-order valence-corrected chi connectivity index (χ4v) is 2.73. The molecule has 0 radical (unpaired) electrons. The molecule has 0 aromatic carbocycles. The van der Waals surface area contributed by atoms with E-state index in [2.05, 4.69) is 31.0 Å². The average molecular weight is 399 g/mol. The number of amides is 1. The van der Waals surface area contributed by atoms with Gasteiger partial charge in [0.1, 0.15) is 22.9 Å². The normalized spacial score (nSPS) is 11.3. The van der Waals surface area contributed by atoms with Crippen LogP contribution in [0.3, 0.4) is 0 Å². The summed E-state index contributed by atoms with van der Waals surface area (Å²) in [6.45, 7) is 3.73. The number of anilines is 3. The zero-order valence-corrected chi connectivity index (χ0v) is 16.9. The number of carbonyl (C=O) groups is 1. The number of aliphatic hydroxyl groups is 1. The number of hydrogen-bond acceptors (Lipinski definition) is 8. The second-order valence-electron chi connectivity index (χ2n) is 7.07. The Morgan fingerprint density at radius 2 is 2.17 bits per heavy atom. The van der Waals surface area contributed by atoms with Crippen LogP contribution in [-0.2, 0) is 0 Å². The Kier molecular flexibility index (Phi) is 5.83. The van der Waals surface area contributed by atoms with Gasteiger partial charge in [0.05, 0.1) is 18.9 Å². The van der Waals surface area contributed by atoms with Gasteiger partial charge in [-0.2, -0.15) is 9.61 Å². The Labute approximate surface area is 168 Å². The molecule has 0 bridgehead atoms. The van der Waals surface area contributed by atoms with Crippen LogP contribution in [0.4, 0.5) is 17.3 Å². The summed E-state index contributed by atoms with van der Waals surface area (Å²) in [5, 5.41) is 23.1. The van der Waals surface area contributed by atoms with Crippen molar-refractivity contribution in [3.05, 3.63) is 36.2 Å². The Morgan fingerprint density at radius 3 is 2.86 bits per heavy atom. The number of ether oxygens (including phenoxy) is 1. The number of nitrogens with one attached hydrogen (secondary N) is 3. The summed E-state index contributed by atoms with van der Waals surface area (Å²) in [5.41, 5.74) is 0.512. The van der Waals surface area contributed by atoms with E-state index >= 15 is 0 Å². The number of nitrogens with zero attached hydrogens (tertiary/aromatic N) is 4. The van der Waals surface area contributed by atoms with Crippen LogP contribution in [0.2, 0.25) is 0 Å². The molecule has 1 amide bonds. The highest BCUT2D eigenvalue weighted by Gasteiger charge is 2.19. The van der Waals surface area contributed by atoms with Crippen molar-refractivity contribution in [3.8, 4) is 5.88 Å². The molecule has 3 aromatic rings. The second kappa shape index (κ2) is 8.31. The first kappa shape index (κ1) is 20.3. The van der Waals surface area contributed by atoms with Gasteiger partial charge >= 0.3 is 0 Å². The van der Waals surface area contributed by atoms with Gasteiger partial charge in [0, 0.05) is 25.9 Å². The van der Waals surface area contributed by atoms with E-state index in [-0.39, 0.29) is 5.91 Å². The molecule has 3 rings (SSSR count). The molecule has 29 heavy (non-hydrogen) atoms. The molecule has 0 aliphatic heterocycles. The van der Waals surface area contributed by atoms with Crippen LogP contribution < -0.4 is 20.7 Å². The van der Waals surface area contributed by atoms with E-state index in [0.717, 1.165) is 0 Å². The molecule has 0 saturated heterocycles. The number of fused-ring (bicyclic) bond motifs is 1. The van der Waals surface area contributed by atoms with Gasteiger partial charge in [-0.15, -0.1) is 0 Å². The maximum absolute atomic E-state index is 12.6. The van der Waals surface area contributed by atoms with Gasteiger partial charge in [0.25, 0.3) is 5.91 Å². The summed E-state index contributed by atoms with van der Waals surface area (Å²) in [4.78, 5) is 21.3. The number of aromatic nitrogens is 4. The van der Waals surface area contributed by atoms with Gasteiger partial charge in [-0.1, -0.05) is 0 Å². The molecule has 10 heteroatoms. The fourth-order valence-electron chi connectivity index (χ4n) is 2.73. The maximum atomic E-state index is 12.6. The van der Waals surface area contributed by atoms with Crippen LogP contribution in [0.5, 0.6) is 5.88 Å². The van der Waals surface area contributed by atoms with Crippen LogP contribution in [0.15, 0.2) is 30.6 Å². The lowest BCUT2D eigenvalue weighted by atomic mass is 10.1. The zero-order valence-electron chi connectivity index (χ0n) is 16.9. The first-order chi connectivity index (χ1) is 13.8. The lowest BCUT2D eigenvalue weighted by Gasteiger charge is -2.16. The van der Waals surface area contributed by atoms with Crippen LogP contribution in [0, 0.1) is 0 Å². The molecule has 0 atom stereocenters. The topological polar surface area (TPSA) is 126 Å². The van der Waals surface area contributed by atoms with Crippen molar-refractivity contribution in [2.45, 2.75) is 25.9 Å². The highest BCUT2D eigenvalue weighted by Crippen LogP contribution is 2.26. The summed E-state index contributed by atoms with van der Waals surface area (Å²) < 4.78 is 6.81.